The number of hydrogen-bond acceptors (Lipinski definition) is 2. The van der Waals surface area contributed by atoms with Crippen LogP contribution in [-0.2, 0) is 17.9 Å². The quantitative estimate of drug-likeness (QED) is 0.705. The second kappa shape index (κ2) is 5.88. The normalized spacial score (nSPS) is 11.1. The third-order valence-electron chi connectivity index (χ3n) is 3.35. The highest BCUT2D eigenvalue weighted by Gasteiger charge is 2.10. The van der Waals surface area contributed by atoms with Crippen molar-refractivity contribution in [3.63, 3.8) is 0 Å². The summed E-state index contributed by atoms with van der Waals surface area (Å²) in [4.78, 5) is 0. The van der Waals surface area contributed by atoms with Crippen molar-refractivity contribution in [3.05, 3.63) is 65.9 Å². The molecule has 0 fully saturated rings. The minimum atomic E-state index is 0.568. The van der Waals surface area contributed by atoms with Crippen LogP contribution in [0.1, 0.15) is 18.2 Å². The molecule has 0 aliphatic rings. The minimum Gasteiger partial charge on any atom is -0.375 e. The average Bonchev–Trinajstić information content (AvgIpc) is 2.85. The van der Waals surface area contributed by atoms with Crippen LogP contribution in [0, 0.1) is 0 Å². The van der Waals surface area contributed by atoms with Crippen molar-refractivity contribution in [3.8, 4) is 0 Å². The van der Waals surface area contributed by atoms with Gasteiger partial charge in [-0.2, -0.15) is 5.10 Å². The van der Waals surface area contributed by atoms with Gasteiger partial charge in [-0.05, 0) is 18.6 Å². The molecule has 0 saturated heterocycles. The van der Waals surface area contributed by atoms with Crippen LogP contribution in [0.3, 0.4) is 0 Å². The van der Waals surface area contributed by atoms with Gasteiger partial charge in [-0.15, -0.1) is 0 Å². The van der Waals surface area contributed by atoms with Crippen molar-refractivity contribution < 1.29 is 4.74 Å². The molecule has 3 heteroatoms. The van der Waals surface area contributed by atoms with E-state index < -0.39 is 0 Å². The van der Waals surface area contributed by atoms with Crippen LogP contribution >= 0.6 is 0 Å². The largest absolute Gasteiger partial charge is 0.375 e. The van der Waals surface area contributed by atoms with Gasteiger partial charge in [-0.25, -0.2) is 0 Å². The molecule has 1 aromatic heterocycles. The van der Waals surface area contributed by atoms with E-state index in [0.29, 0.717) is 13.2 Å². The first-order valence-electron chi connectivity index (χ1n) is 6.94. The number of aromatic nitrogens is 2. The molecule has 3 nitrogen and oxygen atoms in total. The van der Waals surface area contributed by atoms with E-state index in [1.807, 2.05) is 19.1 Å². The molecule has 102 valence electrons. The Morgan fingerprint density at radius 2 is 1.75 bits per heavy atom. The number of hydrogen-bond donors (Lipinski definition) is 0. The first kappa shape index (κ1) is 12.9. The summed E-state index contributed by atoms with van der Waals surface area (Å²) in [6, 6.07) is 18.7. The Labute approximate surface area is 118 Å². The zero-order chi connectivity index (χ0) is 13.8. The molecule has 0 unspecified atom stereocenters. The Morgan fingerprint density at radius 3 is 2.55 bits per heavy atom. The maximum Gasteiger partial charge on any atom is 0.0960 e. The summed E-state index contributed by atoms with van der Waals surface area (Å²) >= 11 is 0. The smallest absolute Gasteiger partial charge is 0.0960 e. The van der Waals surface area contributed by atoms with Gasteiger partial charge in [0.15, 0.2) is 0 Å². The third-order valence-corrected chi connectivity index (χ3v) is 3.35. The summed E-state index contributed by atoms with van der Waals surface area (Å²) in [5.41, 5.74) is 3.42. The van der Waals surface area contributed by atoms with Crippen molar-refractivity contribution in [2.24, 2.45) is 0 Å². The van der Waals surface area contributed by atoms with E-state index in [-0.39, 0.29) is 0 Å². The maximum absolute atomic E-state index is 5.52. The molecule has 2 aromatic carbocycles. The van der Waals surface area contributed by atoms with Crippen molar-refractivity contribution in [2.75, 3.05) is 6.61 Å². The Balaban J connectivity index is 1.98. The van der Waals surface area contributed by atoms with Gasteiger partial charge in [0.25, 0.3) is 0 Å². The fourth-order valence-electron chi connectivity index (χ4n) is 2.38. The number of benzene rings is 2. The summed E-state index contributed by atoms with van der Waals surface area (Å²) < 4.78 is 7.57. The molecule has 0 saturated carbocycles. The molecule has 0 aliphatic heterocycles. The Hall–Kier alpha value is -2.13. The van der Waals surface area contributed by atoms with Gasteiger partial charge in [0.1, 0.15) is 0 Å². The van der Waals surface area contributed by atoms with Crippen LogP contribution in [0.4, 0.5) is 0 Å². The Morgan fingerprint density at radius 1 is 1.00 bits per heavy atom. The van der Waals surface area contributed by atoms with Gasteiger partial charge >= 0.3 is 0 Å². The van der Waals surface area contributed by atoms with Crippen LogP contribution in [0.25, 0.3) is 10.9 Å². The van der Waals surface area contributed by atoms with E-state index in [1.165, 1.54) is 10.9 Å². The summed E-state index contributed by atoms with van der Waals surface area (Å²) in [7, 11) is 0. The molecule has 1 heterocycles. The summed E-state index contributed by atoms with van der Waals surface area (Å²) in [5, 5.41) is 5.89. The fraction of sp³-hybridized carbons (Fsp3) is 0.235. The van der Waals surface area contributed by atoms with Crippen molar-refractivity contribution in [1.82, 2.24) is 9.78 Å². The molecule has 0 radical (unpaired) electrons. The first-order valence-corrected chi connectivity index (χ1v) is 6.94. The van der Waals surface area contributed by atoms with Gasteiger partial charge in [0, 0.05) is 12.0 Å². The van der Waals surface area contributed by atoms with E-state index in [2.05, 4.69) is 47.1 Å². The lowest BCUT2D eigenvalue weighted by atomic mass is 10.2. The highest BCUT2D eigenvalue weighted by molar-refractivity contribution is 5.81. The highest BCUT2D eigenvalue weighted by atomic mass is 16.5. The lowest BCUT2D eigenvalue weighted by Crippen LogP contribution is -2.02. The molecule has 3 aromatic rings. The van der Waals surface area contributed by atoms with Crippen LogP contribution in [-0.4, -0.2) is 16.4 Å². The van der Waals surface area contributed by atoms with Crippen molar-refractivity contribution >= 4 is 10.9 Å². The summed E-state index contributed by atoms with van der Waals surface area (Å²) in [6.07, 6.45) is 0. The van der Waals surface area contributed by atoms with Gasteiger partial charge in [-0.3, -0.25) is 4.68 Å². The van der Waals surface area contributed by atoms with Crippen LogP contribution in [0.2, 0.25) is 0 Å². The summed E-state index contributed by atoms with van der Waals surface area (Å²) in [5.74, 6) is 0. The van der Waals surface area contributed by atoms with Gasteiger partial charge < -0.3 is 4.74 Å². The van der Waals surface area contributed by atoms with Crippen LogP contribution in [0.15, 0.2) is 54.6 Å². The van der Waals surface area contributed by atoms with E-state index in [0.717, 1.165) is 17.8 Å². The molecule has 0 atom stereocenters. The predicted octanol–water partition coefficient (Wildman–Crippen LogP) is 3.62. The van der Waals surface area contributed by atoms with Gasteiger partial charge in [0.2, 0.25) is 0 Å². The monoisotopic (exact) mass is 266 g/mol. The fourth-order valence-corrected chi connectivity index (χ4v) is 2.38. The molecule has 0 amide bonds. The second-order valence-corrected chi connectivity index (χ2v) is 4.74. The Bertz CT molecular complexity index is 689. The highest BCUT2D eigenvalue weighted by Crippen LogP contribution is 2.20. The molecule has 0 aliphatic carbocycles. The first-order chi connectivity index (χ1) is 9.88. The zero-order valence-corrected chi connectivity index (χ0v) is 11.6. The van der Waals surface area contributed by atoms with Crippen molar-refractivity contribution in [2.45, 2.75) is 20.1 Å². The van der Waals surface area contributed by atoms with E-state index in [4.69, 9.17) is 9.84 Å². The molecular weight excluding hydrogens is 248 g/mol. The second-order valence-electron chi connectivity index (χ2n) is 4.74. The SMILES string of the molecule is CCOCc1nn(Cc2ccccc2)c2ccccc12. The molecule has 3 rings (SSSR count). The summed E-state index contributed by atoms with van der Waals surface area (Å²) in [6.45, 7) is 4.06. The number of rotatable bonds is 5. The van der Waals surface area contributed by atoms with E-state index in [1.54, 1.807) is 0 Å². The Kier molecular flexibility index (Phi) is 3.79. The number of para-hydroxylation sites is 1. The molecular formula is C17H18N2O. The standard InChI is InChI=1S/C17H18N2O/c1-2-20-13-16-15-10-6-7-11-17(15)19(18-16)12-14-8-4-3-5-9-14/h3-11H,2,12-13H2,1H3. The molecule has 0 N–H and O–H groups in total. The van der Waals surface area contributed by atoms with E-state index in [9.17, 15) is 0 Å². The predicted molar refractivity (Wildman–Crippen MR) is 80.6 cm³/mol. The zero-order valence-electron chi connectivity index (χ0n) is 11.6. The third kappa shape index (κ3) is 2.58. The average molecular weight is 266 g/mol. The number of ether oxygens (including phenoxy) is 1. The van der Waals surface area contributed by atoms with Crippen LogP contribution < -0.4 is 0 Å². The number of fused-ring (bicyclic) bond motifs is 1. The maximum atomic E-state index is 5.52. The molecule has 0 spiro atoms. The topological polar surface area (TPSA) is 27.1 Å². The minimum absolute atomic E-state index is 0.568. The van der Waals surface area contributed by atoms with Crippen molar-refractivity contribution in [1.29, 1.82) is 0 Å². The lowest BCUT2D eigenvalue weighted by Gasteiger charge is -2.03. The number of nitrogens with zero attached hydrogens (tertiary/aromatic N) is 2. The molecule has 0 bridgehead atoms. The van der Waals surface area contributed by atoms with Crippen LogP contribution in [0.5, 0.6) is 0 Å². The molecule has 20 heavy (non-hydrogen) atoms. The van der Waals surface area contributed by atoms with Gasteiger partial charge in [-0.1, -0.05) is 48.5 Å². The van der Waals surface area contributed by atoms with E-state index >= 15 is 0 Å². The lowest BCUT2D eigenvalue weighted by molar-refractivity contribution is 0.131. The van der Waals surface area contributed by atoms with Gasteiger partial charge in [0.05, 0.1) is 24.4 Å².